The molecule has 0 fully saturated rings. The number of hydrogen-bond donors (Lipinski definition) is 0. The Morgan fingerprint density at radius 3 is 2.80 bits per heavy atom. The van der Waals surface area contributed by atoms with Crippen LogP contribution in [0.4, 0.5) is 0 Å². The van der Waals surface area contributed by atoms with Crippen LogP contribution in [-0.2, 0) is 5.75 Å². The second kappa shape index (κ2) is 5.24. The van der Waals surface area contributed by atoms with Crippen LogP contribution < -0.4 is 0 Å². The molecule has 76 valence electrons. The molecule has 1 aromatic rings. The Labute approximate surface area is 97.8 Å². The van der Waals surface area contributed by atoms with Gasteiger partial charge in [-0.15, -0.1) is 0 Å². The van der Waals surface area contributed by atoms with Crippen molar-refractivity contribution in [2.45, 2.75) is 5.75 Å². The molecule has 0 saturated carbocycles. The maximum atomic E-state index is 8.65. The van der Waals surface area contributed by atoms with Gasteiger partial charge in [-0.1, -0.05) is 35.7 Å². The van der Waals surface area contributed by atoms with Gasteiger partial charge in [0.05, 0.1) is 18.2 Å². The van der Waals surface area contributed by atoms with Crippen molar-refractivity contribution in [3.05, 3.63) is 35.4 Å². The van der Waals surface area contributed by atoms with E-state index in [2.05, 4.69) is 11.1 Å². The van der Waals surface area contributed by atoms with Gasteiger partial charge in [0.2, 0.25) is 0 Å². The van der Waals surface area contributed by atoms with Crippen molar-refractivity contribution in [3.8, 4) is 6.07 Å². The normalized spacial score (nSPS) is 14.7. The Hall–Kier alpha value is -0.920. The van der Waals surface area contributed by atoms with Crippen molar-refractivity contribution in [2.24, 2.45) is 4.99 Å². The summed E-state index contributed by atoms with van der Waals surface area (Å²) in [5, 5.41) is 8.65. The molecule has 1 aliphatic heterocycles. The number of nitriles is 1. The average molecular weight is 234 g/mol. The Bertz CT molecular complexity index is 404. The van der Waals surface area contributed by atoms with E-state index in [4.69, 9.17) is 5.26 Å². The lowest BCUT2D eigenvalue weighted by atomic mass is 10.2. The van der Waals surface area contributed by atoms with E-state index < -0.39 is 0 Å². The molecule has 2 rings (SSSR count). The molecule has 4 heteroatoms. The second-order valence-corrected chi connectivity index (χ2v) is 5.40. The van der Waals surface area contributed by atoms with E-state index >= 15 is 0 Å². The highest BCUT2D eigenvalue weighted by molar-refractivity contribution is 8.38. The zero-order valence-electron chi connectivity index (χ0n) is 8.14. The molecule has 1 aliphatic rings. The van der Waals surface area contributed by atoms with Crippen LogP contribution in [-0.4, -0.2) is 16.7 Å². The van der Waals surface area contributed by atoms with Gasteiger partial charge in [0.1, 0.15) is 4.38 Å². The fourth-order valence-corrected chi connectivity index (χ4v) is 3.19. The SMILES string of the molecule is N#Cc1ccc(CSC2=NCCS2)cc1. The van der Waals surface area contributed by atoms with Crippen LogP contribution in [0.2, 0.25) is 0 Å². The lowest BCUT2D eigenvalue weighted by Gasteiger charge is -2.00. The van der Waals surface area contributed by atoms with Crippen molar-refractivity contribution < 1.29 is 0 Å². The van der Waals surface area contributed by atoms with Gasteiger partial charge in [-0.2, -0.15) is 5.26 Å². The lowest BCUT2D eigenvalue weighted by molar-refractivity contribution is 1.18. The number of thioether (sulfide) groups is 2. The molecule has 2 nitrogen and oxygen atoms in total. The molecule has 0 atom stereocenters. The number of aliphatic imine (C=N–C) groups is 1. The van der Waals surface area contributed by atoms with Crippen molar-refractivity contribution >= 4 is 27.9 Å². The number of hydrogen-bond acceptors (Lipinski definition) is 4. The Balaban J connectivity index is 1.91. The van der Waals surface area contributed by atoms with Gasteiger partial charge in [0, 0.05) is 11.5 Å². The predicted molar refractivity (Wildman–Crippen MR) is 67.2 cm³/mol. The zero-order chi connectivity index (χ0) is 10.5. The van der Waals surface area contributed by atoms with Crippen LogP contribution >= 0.6 is 23.5 Å². The molecule has 0 aliphatic carbocycles. The summed E-state index contributed by atoms with van der Waals surface area (Å²) in [6, 6.07) is 9.85. The molecule has 0 saturated heterocycles. The van der Waals surface area contributed by atoms with Gasteiger partial charge in [-0.05, 0) is 17.7 Å². The molecular weight excluding hydrogens is 224 g/mol. The smallest absolute Gasteiger partial charge is 0.124 e. The largest absolute Gasteiger partial charge is 0.271 e. The summed E-state index contributed by atoms with van der Waals surface area (Å²) in [6.45, 7) is 0.959. The van der Waals surface area contributed by atoms with Crippen LogP contribution in [0.25, 0.3) is 0 Å². The summed E-state index contributed by atoms with van der Waals surface area (Å²) in [6.07, 6.45) is 0. The van der Waals surface area contributed by atoms with Gasteiger partial charge in [0.15, 0.2) is 0 Å². The highest BCUT2D eigenvalue weighted by atomic mass is 32.2. The van der Waals surface area contributed by atoms with Gasteiger partial charge in [-0.3, -0.25) is 4.99 Å². The highest BCUT2D eigenvalue weighted by Crippen LogP contribution is 2.25. The fraction of sp³-hybridized carbons (Fsp3) is 0.273. The Kier molecular flexibility index (Phi) is 3.70. The quantitative estimate of drug-likeness (QED) is 0.789. The van der Waals surface area contributed by atoms with Crippen LogP contribution in [0.3, 0.4) is 0 Å². The summed E-state index contributed by atoms with van der Waals surface area (Å²) in [5.41, 5.74) is 1.96. The summed E-state index contributed by atoms with van der Waals surface area (Å²) in [7, 11) is 0. The first-order chi connectivity index (χ1) is 7.38. The highest BCUT2D eigenvalue weighted by Gasteiger charge is 2.07. The average Bonchev–Trinajstić information content (AvgIpc) is 2.80. The molecule has 0 amide bonds. The predicted octanol–water partition coefficient (Wildman–Crippen LogP) is 2.89. The summed E-state index contributed by atoms with van der Waals surface area (Å²) >= 11 is 3.61. The van der Waals surface area contributed by atoms with Crippen molar-refractivity contribution in [1.82, 2.24) is 0 Å². The van der Waals surface area contributed by atoms with E-state index in [0.717, 1.165) is 23.6 Å². The maximum Gasteiger partial charge on any atom is 0.124 e. The summed E-state index contributed by atoms with van der Waals surface area (Å²) in [4.78, 5) is 4.37. The summed E-state index contributed by atoms with van der Waals surface area (Å²) in [5.74, 6) is 2.06. The second-order valence-electron chi connectivity index (χ2n) is 3.09. The third-order valence-corrected chi connectivity index (χ3v) is 4.33. The van der Waals surface area contributed by atoms with E-state index in [9.17, 15) is 0 Å². The van der Waals surface area contributed by atoms with Gasteiger partial charge in [0.25, 0.3) is 0 Å². The van der Waals surface area contributed by atoms with Crippen LogP contribution in [0.5, 0.6) is 0 Å². The topological polar surface area (TPSA) is 36.1 Å². The molecule has 0 aromatic heterocycles. The standard InChI is InChI=1S/C11H10N2S2/c12-7-9-1-3-10(4-2-9)8-15-11-13-5-6-14-11/h1-4H,5-6,8H2. The molecule has 0 unspecified atom stereocenters. The molecule has 0 N–H and O–H groups in total. The van der Waals surface area contributed by atoms with Crippen molar-refractivity contribution in [3.63, 3.8) is 0 Å². The number of rotatable bonds is 2. The van der Waals surface area contributed by atoms with Gasteiger partial charge in [-0.25, -0.2) is 0 Å². The van der Waals surface area contributed by atoms with Crippen molar-refractivity contribution in [1.29, 1.82) is 5.26 Å². The number of nitrogens with zero attached hydrogens (tertiary/aromatic N) is 2. The van der Waals surface area contributed by atoms with Crippen LogP contribution in [0.1, 0.15) is 11.1 Å². The molecule has 0 radical (unpaired) electrons. The lowest BCUT2D eigenvalue weighted by Crippen LogP contribution is -1.85. The van der Waals surface area contributed by atoms with E-state index in [-0.39, 0.29) is 0 Å². The minimum absolute atomic E-state index is 0.719. The van der Waals surface area contributed by atoms with Crippen LogP contribution in [0, 0.1) is 11.3 Å². The molecule has 1 heterocycles. The summed E-state index contributed by atoms with van der Waals surface area (Å²) < 4.78 is 1.19. The first kappa shape index (κ1) is 10.6. The van der Waals surface area contributed by atoms with E-state index in [1.54, 1.807) is 11.8 Å². The molecule has 0 bridgehead atoms. The van der Waals surface area contributed by atoms with Gasteiger partial charge < -0.3 is 0 Å². The first-order valence-corrected chi connectivity index (χ1v) is 6.65. The third-order valence-electron chi connectivity index (χ3n) is 2.00. The van der Waals surface area contributed by atoms with Gasteiger partial charge >= 0.3 is 0 Å². The van der Waals surface area contributed by atoms with E-state index in [1.165, 1.54) is 9.94 Å². The third kappa shape index (κ3) is 3.01. The Morgan fingerprint density at radius 2 is 2.20 bits per heavy atom. The maximum absolute atomic E-state index is 8.65. The zero-order valence-corrected chi connectivity index (χ0v) is 9.77. The number of benzene rings is 1. The van der Waals surface area contributed by atoms with E-state index in [1.807, 2.05) is 36.0 Å². The molecule has 1 aromatic carbocycles. The van der Waals surface area contributed by atoms with Crippen molar-refractivity contribution in [2.75, 3.05) is 12.3 Å². The first-order valence-electron chi connectivity index (χ1n) is 4.67. The molecule has 15 heavy (non-hydrogen) atoms. The minimum Gasteiger partial charge on any atom is -0.271 e. The molecular formula is C11H10N2S2. The van der Waals surface area contributed by atoms with Crippen LogP contribution in [0.15, 0.2) is 29.3 Å². The van der Waals surface area contributed by atoms with E-state index in [0.29, 0.717) is 0 Å². The Morgan fingerprint density at radius 1 is 1.40 bits per heavy atom. The molecule has 0 spiro atoms. The monoisotopic (exact) mass is 234 g/mol. The minimum atomic E-state index is 0.719. The fourth-order valence-electron chi connectivity index (χ4n) is 1.22.